The van der Waals surface area contributed by atoms with Gasteiger partial charge < -0.3 is 0 Å². The van der Waals surface area contributed by atoms with Crippen molar-refractivity contribution in [2.24, 2.45) is 0 Å². The summed E-state index contributed by atoms with van der Waals surface area (Å²) >= 11 is 0. The molecule has 2 heteroatoms. The SMILES string of the molecule is C[C@H](c1ccccc1)N1CCC(=O)CC1. The van der Waals surface area contributed by atoms with Crippen molar-refractivity contribution >= 4 is 5.78 Å². The van der Waals surface area contributed by atoms with Gasteiger partial charge in [-0.1, -0.05) is 30.3 Å². The number of carbonyl (C=O) groups excluding carboxylic acids is 1. The molecule has 1 fully saturated rings. The van der Waals surface area contributed by atoms with Crippen LogP contribution in [0.3, 0.4) is 0 Å². The molecule has 0 aliphatic carbocycles. The molecule has 80 valence electrons. The van der Waals surface area contributed by atoms with Crippen molar-refractivity contribution in [3.63, 3.8) is 0 Å². The van der Waals surface area contributed by atoms with E-state index in [1.54, 1.807) is 0 Å². The van der Waals surface area contributed by atoms with Crippen LogP contribution in [0.25, 0.3) is 0 Å². The van der Waals surface area contributed by atoms with Crippen molar-refractivity contribution in [2.75, 3.05) is 13.1 Å². The maximum atomic E-state index is 11.1. The molecule has 2 rings (SSSR count). The number of Topliss-reactive ketones (excluding diaryl/α,β-unsaturated/α-hetero) is 1. The highest BCUT2D eigenvalue weighted by Gasteiger charge is 2.21. The van der Waals surface area contributed by atoms with E-state index >= 15 is 0 Å². The number of hydrogen-bond donors (Lipinski definition) is 0. The highest BCUT2D eigenvalue weighted by Crippen LogP contribution is 2.22. The summed E-state index contributed by atoms with van der Waals surface area (Å²) in [5.41, 5.74) is 1.34. The Labute approximate surface area is 90.9 Å². The van der Waals surface area contributed by atoms with Gasteiger partial charge in [0.1, 0.15) is 5.78 Å². The first-order valence-electron chi connectivity index (χ1n) is 5.58. The Bertz CT molecular complexity index is 324. The zero-order chi connectivity index (χ0) is 10.7. The molecule has 0 aromatic heterocycles. The minimum Gasteiger partial charge on any atom is -0.300 e. The van der Waals surface area contributed by atoms with Crippen molar-refractivity contribution < 1.29 is 4.79 Å². The summed E-state index contributed by atoms with van der Waals surface area (Å²) < 4.78 is 0. The molecule has 0 N–H and O–H groups in total. The van der Waals surface area contributed by atoms with Gasteiger partial charge in [-0.3, -0.25) is 9.69 Å². The van der Waals surface area contributed by atoms with Gasteiger partial charge in [-0.15, -0.1) is 0 Å². The Hall–Kier alpha value is -1.15. The Balaban J connectivity index is 2.02. The summed E-state index contributed by atoms with van der Waals surface area (Å²) in [6.45, 7) is 4.04. The van der Waals surface area contributed by atoms with E-state index in [4.69, 9.17) is 0 Å². The number of carbonyl (C=O) groups is 1. The molecule has 1 aliphatic heterocycles. The predicted octanol–water partition coefficient (Wildman–Crippen LogP) is 2.41. The van der Waals surface area contributed by atoms with E-state index in [-0.39, 0.29) is 0 Å². The molecular weight excluding hydrogens is 186 g/mol. The van der Waals surface area contributed by atoms with Gasteiger partial charge in [-0.05, 0) is 12.5 Å². The van der Waals surface area contributed by atoms with Crippen LogP contribution < -0.4 is 0 Å². The second kappa shape index (κ2) is 4.58. The molecular formula is C13H17NO. The van der Waals surface area contributed by atoms with Crippen LogP contribution in [-0.4, -0.2) is 23.8 Å². The molecule has 1 aromatic carbocycles. The van der Waals surface area contributed by atoms with Gasteiger partial charge in [0.2, 0.25) is 0 Å². The van der Waals surface area contributed by atoms with Gasteiger partial charge in [0.05, 0.1) is 0 Å². The average molecular weight is 203 g/mol. The van der Waals surface area contributed by atoms with Crippen LogP contribution in [0.15, 0.2) is 30.3 Å². The van der Waals surface area contributed by atoms with Crippen LogP contribution >= 0.6 is 0 Å². The Morgan fingerprint density at radius 1 is 1.13 bits per heavy atom. The summed E-state index contributed by atoms with van der Waals surface area (Å²) in [4.78, 5) is 13.5. The van der Waals surface area contributed by atoms with Crippen LogP contribution in [0.1, 0.15) is 31.4 Å². The van der Waals surface area contributed by atoms with Crippen LogP contribution in [0, 0.1) is 0 Å². The van der Waals surface area contributed by atoms with Gasteiger partial charge in [0.25, 0.3) is 0 Å². The maximum Gasteiger partial charge on any atom is 0.135 e. The summed E-state index contributed by atoms with van der Waals surface area (Å²) in [6, 6.07) is 10.9. The molecule has 0 radical (unpaired) electrons. The Morgan fingerprint density at radius 3 is 2.33 bits per heavy atom. The second-order valence-corrected chi connectivity index (χ2v) is 4.16. The maximum absolute atomic E-state index is 11.1. The molecule has 15 heavy (non-hydrogen) atoms. The van der Waals surface area contributed by atoms with E-state index in [1.165, 1.54) is 5.56 Å². The van der Waals surface area contributed by atoms with E-state index in [0.717, 1.165) is 25.9 Å². The number of benzene rings is 1. The lowest BCUT2D eigenvalue weighted by atomic mass is 10.0. The molecule has 0 spiro atoms. The van der Waals surface area contributed by atoms with Crippen LogP contribution in [-0.2, 0) is 4.79 Å². The first kappa shape index (κ1) is 10.4. The number of piperidine rings is 1. The molecule has 0 bridgehead atoms. The van der Waals surface area contributed by atoms with Crippen molar-refractivity contribution in [1.29, 1.82) is 0 Å². The molecule has 1 heterocycles. The molecule has 1 aliphatic rings. The summed E-state index contributed by atoms with van der Waals surface area (Å²) in [7, 11) is 0. The van der Waals surface area contributed by atoms with Gasteiger partial charge in [-0.2, -0.15) is 0 Å². The van der Waals surface area contributed by atoms with Crippen LogP contribution in [0.2, 0.25) is 0 Å². The van der Waals surface area contributed by atoms with E-state index in [2.05, 4.69) is 36.1 Å². The number of rotatable bonds is 2. The second-order valence-electron chi connectivity index (χ2n) is 4.16. The minimum absolute atomic E-state index is 0.409. The Kier molecular flexibility index (Phi) is 3.17. The molecule has 2 nitrogen and oxygen atoms in total. The zero-order valence-corrected chi connectivity index (χ0v) is 9.15. The van der Waals surface area contributed by atoms with Gasteiger partial charge in [0, 0.05) is 32.0 Å². The topological polar surface area (TPSA) is 20.3 Å². The third-order valence-corrected chi connectivity index (χ3v) is 3.19. The third kappa shape index (κ3) is 2.45. The van der Waals surface area contributed by atoms with E-state index in [1.807, 2.05) is 6.07 Å². The van der Waals surface area contributed by atoms with E-state index in [0.29, 0.717) is 11.8 Å². The fraction of sp³-hybridized carbons (Fsp3) is 0.462. The smallest absolute Gasteiger partial charge is 0.135 e. The van der Waals surface area contributed by atoms with Crippen molar-refractivity contribution in [3.8, 4) is 0 Å². The molecule has 0 saturated carbocycles. The largest absolute Gasteiger partial charge is 0.300 e. The number of ketones is 1. The first-order valence-corrected chi connectivity index (χ1v) is 5.58. The summed E-state index contributed by atoms with van der Waals surface area (Å²) in [5, 5.41) is 0. The van der Waals surface area contributed by atoms with Crippen LogP contribution in [0.4, 0.5) is 0 Å². The monoisotopic (exact) mass is 203 g/mol. The average Bonchev–Trinajstić information content (AvgIpc) is 2.30. The van der Waals surface area contributed by atoms with Gasteiger partial charge in [0.15, 0.2) is 0 Å². The standard InChI is InChI=1S/C13H17NO/c1-11(12-5-3-2-4-6-12)14-9-7-13(15)8-10-14/h2-6,11H,7-10H2,1H3/t11-/m1/s1. The van der Waals surface area contributed by atoms with Crippen molar-refractivity contribution in [1.82, 2.24) is 4.90 Å². The molecule has 1 atom stereocenters. The third-order valence-electron chi connectivity index (χ3n) is 3.19. The fourth-order valence-electron chi connectivity index (χ4n) is 2.10. The summed E-state index contributed by atoms with van der Waals surface area (Å²) in [6.07, 6.45) is 1.44. The van der Waals surface area contributed by atoms with Gasteiger partial charge >= 0.3 is 0 Å². The van der Waals surface area contributed by atoms with E-state index < -0.39 is 0 Å². The minimum atomic E-state index is 0.409. The quantitative estimate of drug-likeness (QED) is 0.735. The zero-order valence-electron chi connectivity index (χ0n) is 9.15. The van der Waals surface area contributed by atoms with Crippen molar-refractivity contribution in [2.45, 2.75) is 25.8 Å². The fourth-order valence-corrected chi connectivity index (χ4v) is 2.10. The number of likely N-dealkylation sites (tertiary alicyclic amines) is 1. The lowest BCUT2D eigenvalue weighted by Crippen LogP contribution is -2.35. The highest BCUT2D eigenvalue weighted by atomic mass is 16.1. The lowest BCUT2D eigenvalue weighted by molar-refractivity contribution is -0.121. The lowest BCUT2D eigenvalue weighted by Gasteiger charge is -2.32. The first-order chi connectivity index (χ1) is 7.27. The van der Waals surface area contributed by atoms with Gasteiger partial charge in [-0.25, -0.2) is 0 Å². The normalized spacial score (nSPS) is 20.2. The number of nitrogens with zero attached hydrogens (tertiary/aromatic N) is 1. The molecule has 1 aromatic rings. The summed E-state index contributed by atoms with van der Waals surface area (Å²) in [5.74, 6) is 0.409. The highest BCUT2D eigenvalue weighted by molar-refractivity contribution is 5.79. The van der Waals surface area contributed by atoms with E-state index in [9.17, 15) is 4.79 Å². The number of hydrogen-bond acceptors (Lipinski definition) is 2. The van der Waals surface area contributed by atoms with Crippen LogP contribution in [0.5, 0.6) is 0 Å². The van der Waals surface area contributed by atoms with Crippen molar-refractivity contribution in [3.05, 3.63) is 35.9 Å². The molecule has 0 unspecified atom stereocenters. The molecule has 1 saturated heterocycles. The predicted molar refractivity (Wildman–Crippen MR) is 60.7 cm³/mol. The Morgan fingerprint density at radius 2 is 1.73 bits per heavy atom. The molecule has 0 amide bonds.